The van der Waals surface area contributed by atoms with Crippen LogP contribution in [0.25, 0.3) is 10.4 Å². The summed E-state index contributed by atoms with van der Waals surface area (Å²) >= 11 is 0. The maximum atomic E-state index is 12.0. The number of carbonyl (C=O) groups excluding carboxylic acids is 1. The van der Waals surface area contributed by atoms with E-state index >= 15 is 0 Å². The fourth-order valence-electron chi connectivity index (χ4n) is 2.41. The van der Waals surface area contributed by atoms with E-state index in [0.29, 0.717) is 0 Å². The minimum atomic E-state index is -1.48. The van der Waals surface area contributed by atoms with Crippen LogP contribution in [0, 0.1) is 16.0 Å². The molecule has 10 nitrogen and oxygen atoms in total. The molecule has 1 aliphatic rings. The molecule has 1 aromatic carbocycles. The normalized spacial score (nSPS) is 17.2. The first kappa shape index (κ1) is 15.3. The highest BCUT2D eigenvalue weighted by Gasteiger charge is 2.35. The van der Waals surface area contributed by atoms with Crippen molar-refractivity contribution in [1.82, 2.24) is 0 Å². The van der Waals surface area contributed by atoms with Crippen molar-refractivity contribution in [3.05, 3.63) is 44.3 Å². The van der Waals surface area contributed by atoms with Crippen molar-refractivity contribution >= 4 is 23.3 Å². The number of carboxylic acid groups (broad SMARTS) is 1. The molecular weight excluding hydrogens is 294 g/mol. The van der Waals surface area contributed by atoms with E-state index in [1.165, 1.54) is 17.0 Å². The first-order valence-electron chi connectivity index (χ1n) is 6.27. The third-order valence-corrected chi connectivity index (χ3v) is 3.33. The van der Waals surface area contributed by atoms with Gasteiger partial charge in [-0.2, -0.15) is 0 Å². The molecule has 0 radical (unpaired) electrons. The zero-order valence-corrected chi connectivity index (χ0v) is 11.2. The van der Waals surface area contributed by atoms with E-state index in [2.05, 4.69) is 10.0 Å². The van der Waals surface area contributed by atoms with Crippen molar-refractivity contribution in [3.8, 4) is 0 Å². The largest absolute Gasteiger partial charge is 0.477 e. The van der Waals surface area contributed by atoms with Gasteiger partial charge in [0, 0.05) is 30.5 Å². The summed E-state index contributed by atoms with van der Waals surface area (Å²) < 4.78 is 0. The molecule has 114 valence electrons. The molecule has 0 spiro atoms. The summed E-state index contributed by atoms with van der Waals surface area (Å²) in [4.78, 5) is 37.4. The van der Waals surface area contributed by atoms with Crippen molar-refractivity contribution in [1.29, 1.82) is 0 Å². The first-order valence-corrected chi connectivity index (χ1v) is 6.27. The van der Waals surface area contributed by atoms with E-state index in [1.54, 1.807) is 0 Å². The number of nitro groups is 1. The molecule has 1 N–H and O–H groups in total. The van der Waals surface area contributed by atoms with Crippen molar-refractivity contribution in [2.45, 2.75) is 6.42 Å². The molecular formula is C12H11N5O5. The number of carbonyl (C=O) groups is 2. The van der Waals surface area contributed by atoms with Gasteiger partial charge in [0.15, 0.2) is 5.56 Å². The number of azide groups is 1. The molecule has 1 amide bonds. The molecule has 1 atom stereocenters. The predicted molar refractivity (Wildman–Crippen MR) is 74.5 cm³/mol. The summed E-state index contributed by atoms with van der Waals surface area (Å²) in [5.41, 5.74) is 7.18. The van der Waals surface area contributed by atoms with Crippen LogP contribution in [0.15, 0.2) is 23.3 Å². The molecule has 1 aliphatic heterocycles. The number of anilines is 1. The Hall–Kier alpha value is -3.13. The van der Waals surface area contributed by atoms with Crippen molar-refractivity contribution in [2.24, 2.45) is 11.0 Å². The van der Waals surface area contributed by atoms with Crippen LogP contribution in [-0.2, 0) is 4.79 Å². The molecule has 1 aromatic rings. The second kappa shape index (κ2) is 6.10. The van der Waals surface area contributed by atoms with Gasteiger partial charge in [-0.3, -0.25) is 14.9 Å². The van der Waals surface area contributed by atoms with Gasteiger partial charge in [-0.25, -0.2) is 4.79 Å². The Morgan fingerprint density at radius 2 is 2.32 bits per heavy atom. The maximum absolute atomic E-state index is 12.0. The van der Waals surface area contributed by atoms with Gasteiger partial charge in [-0.15, -0.1) is 0 Å². The van der Waals surface area contributed by atoms with Crippen LogP contribution in [0.1, 0.15) is 16.8 Å². The van der Waals surface area contributed by atoms with E-state index in [9.17, 15) is 24.8 Å². The Balaban J connectivity index is 2.42. The summed E-state index contributed by atoms with van der Waals surface area (Å²) in [6.45, 7) is 0.259. The van der Waals surface area contributed by atoms with Gasteiger partial charge in [-0.1, -0.05) is 11.2 Å². The highest BCUT2D eigenvalue weighted by Crippen LogP contribution is 2.33. The van der Waals surface area contributed by atoms with Gasteiger partial charge in [-0.05, 0) is 17.5 Å². The van der Waals surface area contributed by atoms with Gasteiger partial charge in [0.05, 0.1) is 10.6 Å². The molecule has 1 heterocycles. The van der Waals surface area contributed by atoms with E-state index in [-0.39, 0.29) is 37.0 Å². The summed E-state index contributed by atoms with van der Waals surface area (Å²) in [6, 6.07) is 3.75. The number of nitrogens with zero attached hydrogens (tertiary/aromatic N) is 5. The van der Waals surface area contributed by atoms with E-state index in [0.717, 1.165) is 6.07 Å². The lowest BCUT2D eigenvalue weighted by Crippen LogP contribution is -2.27. The molecule has 0 bridgehead atoms. The third kappa shape index (κ3) is 2.81. The quantitative estimate of drug-likeness (QED) is 0.290. The number of hydrogen-bond acceptors (Lipinski definition) is 5. The highest BCUT2D eigenvalue weighted by molar-refractivity contribution is 6.05. The zero-order valence-electron chi connectivity index (χ0n) is 11.2. The van der Waals surface area contributed by atoms with Crippen molar-refractivity contribution in [2.75, 3.05) is 18.0 Å². The average molecular weight is 305 g/mol. The Labute approximate surface area is 123 Å². The molecule has 1 fully saturated rings. The van der Waals surface area contributed by atoms with Gasteiger partial charge in [0.1, 0.15) is 0 Å². The number of hydrogen-bond donors (Lipinski definition) is 1. The fraction of sp³-hybridized carbons (Fsp3) is 0.333. The number of carboxylic acids is 1. The zero-order chi connectivity index (χ0) is 16.3. The number of rotatable bonds is 5. The Morgan fingerprint density at radius 3 is 2.91 bits per heavy atom. The van der Waals surface area contributed by atoms with Gasteiger partial charge in [0.25, 0.3) is 5.69 Å². The number of aromatic carboxylic acids is 1. The number of nitro benzene ring substituents is 1. The van der Waals surface area contributed by atoms with Crippen LogP contribution in [-0.4, -0.2) is 35.0 Å². The van der Waals surface area contributed by atoms with Crippen LogP contribution >= 0.6 is 0 Å². The lowest BCUT2D eigenvalue weighted by atomic mass is 10.1. The summed E-state index contributed by atoms with van der Waals surface area (Å²) in [5.74, 6) is -2.08. The van der Waals surface area contributed by atoms with Gasteiger partial charge in [0.2, 0.25) is 5.91 Å². The van der Waals surface area contributed by atoms with Crippen molar-refractivity contribution in [3.63, 3.8) is 0 Å². The molecule has 1 unspecified atom stereocenters. The molecule has 2 rings (SSSR count). The SMILES string of the molecule is [N-]=[N+]=NCC1CC(=O)N(c2cccc([N+](=O)[O-])c2C(=O)O)C1. The Bertz CT molecular complexity index is 697. The van der Waals surface area contributed by atoms with E-state index in [4.69, 9.17) is 5.53 Å². The Kier molecular flexibility index (Phi) is 4.23. The maximum Gasteiger partial charge on any atom is 0.344 e. The predicted octanol–water partition coefficient (Wildman–Crippen LogP) is 1.96. The first-order chi connectivity index (χ1) is 10.5. The topological polar surface area (TPSA) is 150 Å². The summed E-state index contributed by atoms with van der Waals surface area (Å²) in [5, 5.41) is 23.6. The van der Waals surface area contributed by atoms with Gasteiger partial charge < -0.3 is 10.0 Å². The lowest BCUT2D eigenvalue weighted by Gasteiger charge is -2.18. The lowest BCUT2D eigenvalue weighted by molar-refractivity contribution is -0.385. The van der Waals surface area contributed by atoms with Crippen LogP contribution in [0.5, 0.6) is 0 Å². The van der Waals surface area contributed by atoms with Gasteiger partial charge >= 0.3 is 5.97 Å². The van der Waals surface area contributed by atoms with E-state index in [1.807, 2.05) is 0 Å². The number of amides is 1. The smallest absolute Gasteiger partial charge is 0.344 e. The minimum Gasteiger partial charge on any atom is -0.477 e. The molecule has 10 heteroatoms. The molecule has 0 aliphatic carbocycles. The second-order valence-electron chi connectivity index (χ2n) is 4.72. The third-order valence-electron chi connectivity index (χ3n) is 3.33. The molecule has 0 saturated carbocycles. The second-order valence-corrected chi connectivity index (χ2v) is 4.72. The standard InChI is InChI=1S/C12H11N5O5/c13-15-14-5-7-4-10(18)16(6-7)8-2-1-3-9(17(21)22)11(8)12(19)20/h1-3,7H,4-6H2,(H,19,20). The average Bonchev–Trinajstić information content (AvgIpc) is 2.85. The monoisotopic (exact) mass is 305 g/mol. The number of benzene rings is 1. The van der Waals surface area contributed by atoms with Crippen LogP contribution in [0.2, 0.25) is 0 Å². The van der Waals surface area contributed by atoms with Crippen LogP contribution in [0.4, 0.5) is 11.4 Å². The minimum absolute atomic E-state index is 0.0184. The highest BCUT2D eigenvalue weighted by atomic mass is 16.6. The van der Waals surface area contributed by atoms with Crippen molar-refractivity contribution < 1.29 is 19.6 Å². The summed E-state index contributed by atoms with van der Waals surface area (Å²) in [7, 11) is 0. The molecule has 1 saturated heterocycles. The molecule has 0 aromatic heterocycles. The fourth-order valence-corrected chi connectivity index (χ4v) is 2.41. The van der Waals surface area contributed by atoms with E-state index < -0.39 is 22.1 Å². The molecule has 22 heavy (non-hydrogen) atoms. The van der Waals surface area contributed by atoms with Crippen LogP contribution in [0.3, 0.4) is 0 Å². The van der Waals surface area contributed by atoms with Crippen LogP contribution < -0.4 is 4.90 Å². The summed E-state index contributed by atoms with van der Waals surface area (Å²) in [6.07, 6.45) is 0.0980. The Morgan fingerprint density at radius 1 is 1.59 bits per heavy atom.